The van der Waals surface area contributed by atoms with Crippen molar-refractivity contribution in [1.82, 2.24) is 28.3 Å². The fourth-order valence-corrected chi connectivity index (χ4v) is 5.00. The topological polar surface area (TPSA) is 127 Å². The number of methoxy groups -OCH3 is 2. The quantitative estimate of drug-likeness (QED) is 0.289. The Bertz CT molecular complexity index is 1840. The van der Waals surface area contributed by atoms with Crippen molar-refractivity contribution in [3.63, 3.8) is 0 Å². The molecule has 0 saturated carbocycles. The van der Waals surface area contributed by atoms with E-state index in [4.69, 9.17) is 9.47 Å². The van der Waals surface area contributed by atoms with E-state index in [9.17, 15) is 18.8 Å². The zero-order valence-electron chi connectivity index (χ0n) is 21.5. The Morgan fingerprint density at radius 3 is 2.46 bits per heavy atom. The fourth-order valence-electron chi connectivity index (χ4n) is 4.27. The lowest BCUT2D eigenvalue weighted by Gasteiger charge is -2.11. The van der Waals surface area contributed by atoms with Gasteiger partial charge in [-0.2, -0.15) is 0 Å². The van der Waals surface area contributed by atoms with Crippen LogP contribution >= 0.6 is 11.8 Å². The maximum atomic E-state index is 13.5. The van der Waals surface area contributed by atoms with Gasteiger partial charge in [0.15, 0.2) is 16.3 Å². The smallest absolute Gasteiger partial charge is 0.332 e. The van der Waals surface area contributed by atoms with E-state index in [0.29, 0.717) is 28.1 Å². The molecule has 3 aromatic heterocycles. The van der Waals surface area contributed by atoms with Gasteiger partial charge in [-0.1, -0.05) is 23.9 Å². The van der Waals surface area contributed by atoms with Gasteiger partial charge in [0, 0.05) is 20.2 Å². The fraction of sp³-hybridized carbons (Fsp3) is 0.240. The predicted molar refractivity (Wildman–Crippen MR) is 143 cm³/mol. The number of aryl methyl sites for hydroxylation is 1. The molecule has 2 aromatic carbocycles. The predicted octanol–water partition coefficient (Wildman–Crippen LogP) is 2.02. The Labute approximate surface area is 224 Å². The number of anilines is 1. The molecule has 12 nitrogen and oxygen atoms in total. The molecule has 0 fully saturated rings. The largest absolute Gasteiger partial charge is 0.497 e. The first kappa shape index (κ1) is 26.0. The van der Waals surface area contributed by atoms with Gasteiger partial charge in [0.2, 0.25) is 11.7 Å². The summed E-state index contributed by atoms with van der Waals surface area (Å²) >= 11 is 1.09. The van der Waals surface area contributed by atoms with Crippen LogP contribution in [0, 0.1) is 5.82 Å². The van der Waals surface area contributed by atoms with E-state index >= 15 is 0 Å². The molecule has 0 aliphatic carbocycles. The molecule has 0 radical (unpaired) electrons. The number of carbonyl (C=O) groups excluding carboxylic acids is 1. The summed E-state index contributed by atoms with van der Waals surface area (Å²) < 4.78 is 29.6. The highest BCUT2D eigenvalue weighted by Crippen LogP contribution is 2.30. The molecule has 3 heterocycles. The summed E-state index contributed by atoms with van der Waals surface area (Å²) in [6, 6.07) is 10.9. The summed E-state index contributed by atoms with van der Waals surface area (Å²) in [5.41, 5.74) is 0.621. The Hall–Kier alpha value is -4.59. The van der Waals surface area contributed by atoms with Crippen molar-refractivity contribution in [2.75, 3.05) is 25.3 Å². The third kappa shape index (κ3) is 4.63. The highest BCUT2D eigenvalue weighted by atomic mass is 32.2. The average Bonchev–Trinajstić information content (AvgIpc) is 3.49. The van der Waals surface area contributed by atoms with Gasteiger partial charge in [-0.3, -0.25) is 23.3 Å². The standard InChI is InChI=1S/C25H24FN7O5S/c1-30-21-20(22(35)31(2)25(30)36)32(12-14-5-7-15(26)8-6-14)23-28-29-24(33(21)23)39-13-19(34)27-17-11-16(37-3)9-10-18(17)38-4/h5-11H,12-13H2,1-4H3,(H,27,34). The molecule has 1 amide bonds. The minimum atomic E-state index is -0.527. The summed E-state index contributed by atoms with van der Waals surface area (Å²) in [6.07, 6.45) is 0. The van der Waals surface area contributed by atoms with Crippen molar-refractivity contribution < 1.29 is 18.7 Å². The Morgan fingerprint density at radius 1 is 1.03 bits per heavy atom. The Balaban J connectivity index is 1.54. The van der Waals surface area contributed by atoms with Crippen LogP contribution in [-0.4, -0.2) is 54.2 Å². The molecule has 0 spiro atoms. The maximum Gasteiger partial charge on any atom is 0.332 e. The minimum absolute atomic E-state index is 0.0510. The number of benzene rings is 2. The maximum absolute atomic E-state index is 13.5. The third-order valence-electron chi connectivity index (χ3n) is 6.22. The molecule has 39 heavy (non-hydrogen) atoms. The second-order valence-electron chi connectivity index (χ2n) is 8.61. The Kier molecular flexibility index (Phi) is 6.87. The van der Waals surface area contributed by atoms with E-state index in [1.807, 2.05) is 0 Å². The van der Waals surface area contributed by atoms with Gasteiger partial charge in [0.25, 0.3) is 5.56 Å². The van der Waals surface area contributed by atoms with E-state index < -0.39 is 11.2 Å². The van der Waals surface area contributed by atoms with Crippen LogP contribution in [0.3, 0.4) is 0 Å². The summed E-state index contributed by atoms with van der Waals surface area (Å²) in [4.78, 5) is 38.9. The normalized spacial score (nSPS) is 11.3. The van der Waals surface area contributed by atoms with Gasteiger partial charge in [-0.15, -0.1) is 10.2 Å². The van der Waals surface area contributed by atoms with E-state index in [1.165, 1.54) is 38.0 Å². The summed E-state index contributed by atoms with van der Waals surface area (Å²) in [6.45, 7) is 0.180. The van der Waals surface area contributed by atoms with Crippen molar-refractivity contribution in [3.05, 3.63) is 74.7 Å². The zero-order valence-corrected chi connectivity index (χ0v) is 22.3. The van der Waals surface area contributed by atoms with Gasteiger partial charge in [0.1, 0.15) is 17.3 Å². The third-order valence-corrected chi connectivity index (χ3v) is 7.15. The van der Waals surface area contributed by atoms with Crippen LogP contribution in [0.2, 0.25) is 0 Å². The summed E-state index contributed by atoms with van der Waals surface area (Å²) in [7, 11) is 5.96. The number of fused-ring (bicyclic) bond motifs is 3. The molecule has 0 aliphatic rings. The van der Waals surface area contributed by atoms with Crippen LogP contribution in [0.1, 0.15) is 5.56 Å². The number of hydrogen-bond acceptors (Lipinski definition) is 8. The number of halogens is 1. The lowest BCUT2D eigenvalue weighted by atomic mass is 10.2. The van der Waals surface area contributed by atoms with Crippen LogP contribution in [0.5, 0.6) is 11.5 Å². The molecular formula is C25H24FN7O5S. The van der Waals surface area contributed by atoms with Gasteiger partial charge in [0.05, 0.1) is 32.2 Å². The van der Waals surface area contributed by atoms with E-state index in [-0.39, 0.29) is 35.2 Å². The molecule has 0 bridgehead atoms. The number of ether oxygens (including phenoxy) is 2. The second kappa shape index (κ2) is 10.3. The van der Waals surface area contributed by atoms with Gasteiger partial charge in [-0.05, 0) is 29.8 Å². The highest BCUT2D eigenvalue weighted by molar-refractivity contribution is 7.99. The van der Waals surface area contributed by atoms with Crippen molar-refractivity contribution in [2.45, 2.75) is 11.7 Å². The number of amides is 1. The van der Waals surface area contributed by atoms with E-state index in [0.717, 1.165) is 21.9 Å². The summed E-state index contributed by atoms with van der Waals surface area (Å²) in [5, 5.41) is 11.6. The monoisotopic (exact) mass is 553 g/mol. The molecule has 0 aliphatic heterocycles. The van der Waals surface area contributed by atoms with E-state index in [2.05, 4.69) is 15.5 Å². The number of thioether (sulfide) groups is 1. The molecular weight excluding hydrogens is 529 g/mol. The number of carbonyl (C=O) groups is 1. The second-order valence-corrected chi connectivity index (χ2v) is 9.55. The molecule has 0 saturated heterocycles. The molecule has 0 atom stereocenters. The number of imidazole rings is 1. The lowest BCUT2D eigenvalue weighted by molar-refractivity contribution is -0.113. The first-order valence-corrected chi connectivity index (χ1v) is 12.6. The number of nitrogens with zero attached hydrogens (tertiary/aromatic N) is 6. The first-order chi connectivity index (χ1) is 18.7. The molecule has 202 valence electrons. The molecule has 0 unspecified atom stereocenters. The van der Waals surface area contributed by atoms with Crippen LogP contribution in [-0.2, 0) is 25.4 Å². The van der Waals surface area contributed by atoms with Gasteiger partial charge in [-0.25, -0.2) is 13.6 Å². The van der Waals surface area contributed by atoms with Crippen molar-refractivity contribution >= 4 is 40.3 Å². The van der Waals surface area contributed by atoms with Crippen LogP contribution in [0.4, 0.5) is 10.1 Å². The molecule has 1 N–H and O–H groups in total. The first-order valence-electron chi connectivity index (χ1n) is 11.7. The van der Waals surface area contributed by atoms with Crippen LogP contribution in [0.15, 0.2) is 57.2 Å². The minimum Gasteiger partial charge on any atom is -0.497 e. The van der Waals surface area contributed by atoms with Crippen molar-refractivity contribution in [3.8, 4) is 11.5 Å². The summed E-state index contributed by atoms with van der Waals surface area (Å²) in [5.74, 6) is 0.534. The van der Waals surface area contributed by atoms with Crippen molar-refractivity contribution in [1.29, 1.82) is 0 Å². The van der Waals surface area contributed by atoms with Crippen LogP contribution in [0.25, 0.3) is 16.9 Å². The lowest BCUT2D eigenvalue weighted by Crippen LogP contribution is -2.37. The van der Waals surface area contributed by atoms with Crippen molar-refractivity contribution in [2.24, 2.45) is 14.1 Å². The van der Waals surface area contributed by atoms with Crippen LogP contribution < -0.4 is 26.0 Å². The average molecular weight is 554 g/mol. The molecule has 5 aromatic rings. The Morgan fingerprint density at radius 2 is 1.77 bits per heavy atom. The van der Waals surface area contributed by atoms with E-state index in [1.54, 1.807) is 46.3 Å². The molecule has 14 heteroatoms. The molecule has 5 rings (SSSR count). The highest BCUT2D eigenvalue weighted by Gasteiger charge is 2.24. The number of rotatable bonds is 8. The zero-order chi connectivity index (χ0) is 27.8. The number of aromatic nitrogens is 6. The van der Waals surface area contributed by atoms with Gasteiger partial charge < -0.3 is 14.8 Å². The van der Waals surface area contributed by atoms with Gasteiger partial charge >= 0.3 is 5.69 Å². The number of nitrogens with one attached hydrogen (secondary N) is 1. The SMILES string of the molecule is COc1ccc(OC)c(NC(=O)CSc2nnc3n(Cc4ccc(F)cc4)c4c(=O)n(C)c(=O)n(C)c4n23)c1. The number of hydrogen-bond donors (Lipinski definition) is 1.